The van der Waals surface area contributed by atoms with Crippen molar-refractivity contribution >= 4 is 45.6 Å². The van der Waals surface area contributed by atoms with Crippen molar-refractivity contribution in [1.29, 1.82) is 0 Å². The Labute approximate surface area is 119 Å². The van der Waals surface area contributed by atoms with E-state index in [0.717, 1.165) is 33.6 Å². The van der Waals surface area contributed by atoms with Crippen molar-refractivity contribution in [3.63, 3.8) is 0 Å². The summed E-state index contributed by atoms with van der Waals surface area (Å²) in [5, 5.41) is 14.1. The second-order valence-electron chi connectivity index (χ2n) is 4.38. The maximum Gasteiger partial charge on any atom is 0.328 e. The number of nitrogens with zero attached hydrogens (tertiary/aromatic N) is 3. The van der Waals surface area contributed by atoms with Crippen LogP contribution in [-0.2, 0) is 11.8 Å². The molecule has 2 heterocycles. The molecule has 5 nitrogen and oxygen atoms in total. The molecule has 0 amide bonds. The number of fused-ring (bicyclic) bond motifs is 2. The first-order valence-electron chi connectivity index (χ1n) is 5.88. The Kier molecular flexibility index (Phi) is 2.91. The van der Waals surface area contributed by atoms with Crippen LogP contribution >= 0.6 is 11.6 Å². The third kappa shape index (κ3) is 2.02. The van der Waals surface area contributed by atoms with Gasteiger partial charge in [0.2, 0.25) is 0 Å². The van der Waals surface area contributed by atoms with Gasteiger partial charge in [0.1, 0.15) is 11.0 Å². The van der Waals surface area contributed by atoms with Gasteiger partial charge in [-0.15, -0.1) is 0 Å². The smallest absolute Gasteiger partial charge is 0.328 e. The number of carboxylic acid groups (broad SMARTS) is 1. The molecule has 20 heavy (non-hydrogen) atoms. The molecule has 0 aliphatic heterocycles. The Morgan fingerprint density at radius 3 is 2.95 bits per heavy atom. The molecule has 3 aromatic rings. The lowest BCUT2D eigenvalue weighted by Crippen LogP contribution is -1.92. The molecule has 0 aliphatic rings. The first-order valence-corrected chi connectivity index (χ1v) is 6.26. The molecule has 0 saturated carbocycles. The number of hydrogen-bond acceptors (Lipinski definition) is 3. The minimum atomic E-state index is -0.989. The van der Waals surface area contributed by atoms with E-state index in [1.165, 1.54) is 6.08 Å². The van der Waals surface area contributed by atoms with E-state index >= 15 is 0 Å². The second kappa shape index (κ2) is 4.61. The molecule has 6 heteroatoms. The molecule has 0 bridgehead atoms. The van der Waals surface area contributed by atoms with Crippen LogP contribution in [0.4, 0.5) is 0 Å². The maximum absolute atomic E-state index is 10.6. The molecule has 100 valence electrons. The van der Waals surface area contributed by atoms with Gasteiger partial charge in [0, 0.05) is 18.5 Å². The summed E-state index contributed by atoms with van der Waals surface area (Å²) < 4.78 is 1.67. The highest BCUT2D eigenvalue weighted by Gasteiger charge is 2.11. The molecule has 1 aromatic carbocycles. The van der Waals surface area contributed by atoms with Gasteiger partial charge in [-0.05, 0) is 23.8 Å². The van der Waals surface area contributed by atoms with Crippen LogP contribution in [0, 0.1) is 0 Å². The zero-order valence-corrected chi connectivity index (χ0v) is 11.3. The number of hydrogen-bond donors (Lipinski definition) is 1. The largest absolute Gasteiger partial charge is 0.478 e. The number of aliphatic carboxylic acids is 1. The maximum atomic E-state index is 10.6. The van der Waals surface area contributed by atoms with E-state index in [2.05, 4.69) is 10.1 Å². The van der Waals surface area contributed by atoms with E-state index in [9.17, 15) is 4.79 Å². The molecule has 3 rings (SSSR count). The third-order valence-electron chi connectivity index (χ3n) is 3.04. The van der Waals surface area contributed by atoms with Crippen molar-refractivity contribution in [3.05, 3.63) is 41.1 Å². The van der Waals surface area contributed by atoms with Crippen LogP contribution in [-0.4, -0.2) is 25.8 Å². The Morgan fingerprint density at radius 2 is 2.20 bits per heavy atom. The Bertz CT molecular complexity index is 868. The van der Waals surface area contributed by atoms with Gasteiger partial charge in [-0.1, -0.05) is 17.7 Å². The number of carboxylic acids is 1. The fourth-order valence-electron chi connectivity index (χ4n) is 2.12. The highest BCUT2D eigenvalue weighted by molar-refractivity contribution is 6.39. The van der Waals surface area contributed by atoms with Crippen molar-refractivity contribution in [2.24, 2.45) is 7.05 Å². The Balaban J connectivity index is 2.27. The number of pyridine rings is 1. The van der Waals surface area contributed by atoms with E-state index in [0.29, 0.717) is 5.02 Å². The summed E-state index contributed by atoms with van der Waals surface area (Å²) in [6, 6.07) is 5.43. The topological polar surface area (TPSA) is 68.0 Å². The molecular weight excluding hydrogens is 278 g/mol. The molecule has 0 spiro atoms. The van der Waals surface area contributed by atoms with Crippen molar-refractivity contribution < 1.29 is 9.90 Å². The van der Waals surface area contributed by atoms with Gasteiger partial charge in [-0.25, -0.2) is 9.78 Å². The fraction of sp³-hybridized carbons (Fsp3) is 0.0714. The van der Waals surface area contributed by atoms with Crippen molar-refractivity contribution in [1.82, 2.24) is 14.8 Å². The summed E-state index contributed by atoms with van der Waals surface area (Å²) in [7, 11) is 1.80. The molecule has 0 saturated heterocycles. The van der Waals surface area contributed by atoms with E-state index < -0.39 is 5.97 Å². The molecule has 0 radical (unpaired) electrons. The number of benzene rings is 1. The van der Waals surface area contributed by atoms with E-state index in [1.54, 1.807) is 24.0 Å². The number of aromatic nitrogens is 3. The average Bonchev–Trinajstić information content (AvgIpc) is 2.78. The summed E-state index contributed by atoms with van der Waals surface area (Å²) in [5.74, 6) is -0.989. The summed E-state index contributed by atoms with van der Waals surface area (Å²) in [6.07, 6.45) is 4.27. The van der Waals surface area contributed by atoms with Crippen LogP contribution in [0.25, 0.3) is 28.0 Å². The zero-order valence-electron chi connectivity index (χ0n) is 10.5. The Hall–Kier alpha value is -2.40. The molecule has 0 unspecified atom stereocenters. The molecule has 1 N–H and O–H groups in total. The Morgan fingerprint density at radius 1 is 1.40 bits per heavy atom. The number of rotatable bonds is 2. The first kappa shape index (κ1) is 12.6. The summed E-state index contributed by atoms with van der Waals surface area (Å²) >= 11 is 6.41. The minimum absolute atomic E-state index is 0.565. The molecule has 0 atom stereocenters. The van der Waals surface area contributed by atoms with Crippen molar-refractivity contribution in [2.75, 3.05) is 0 Å². The van der Waals surface area contributed by atoms with Gasteiger partial charge in [0.25, 0.3) is 0 Å². The number of aryl methyl sites for hydroxylation is 1. The van der Waals surface area contributed by atoms with Gasteiger partial charge in [0.05, 0.1) is 16.7 Å². The van der Waals surface area contributed by atoms with Crippen LogP contribution in [0.15, 0.2) is 30.5 Å². The average molecular weight is 288 g/mol. The van der Waals surface area contributed by atoms with Crippen molar-refractivity contribution in [3.8, 4) is 0 Å². The third-order valence-corrected chi connectivity index (χ3v) is 3.43. The predicted octanol–water partition coefficient (Wildman–Crippen LogP) is 2.87. The molecule has 0 aliphatic carbocycles. The monoisotopic (exact) mass is 287 g/mol. The first-order chi connectivity index (χ1) is 9.56. The second-order valence-corrected chi connectivity index (χ2v) is 4.75. The molecule has 0 fully saturated rings. The lowest BCUT2D eigenvalue weighted by Gasteiger charge is -2.04. The van der Waals surface area contributed by atoms with Crippen LogP contribution in [0.1, 0.15) is 5.56 Å². The number of carbonyl (C=O) groups is 1. The minimum Gasteiger partial charge on any atom is -0.478 e. The zero-order chi connectivity index (χ0) is 14.3. The normalized spacial score (nSPS) is 11.7. The van der Waals surface area contributed by atoms with Crippen LogP contribution < -0.4 is 0 Å². The lowest BCUT2D eigenvalue weighted by molar-refractivity contribution is -0.131. The highest BCUT2D eigenvalue weighted by atomic mass is 35.5. The van der Waals surface area contributed by atoms with Gasteiger partial charge in [0.15, 0.2) is 0 Å². The lowest BCUT2D eigenvalue weighted by atomic mass is 10.1. The standard InChI is InChI=1S/C14H10ClN3O2/c1-18-14-11(7-16-18)17-10-4-2-8(3-5-12(19)20)6-9(10)13(14)15/h2-7H,1H3,(H,19,20). The van der Waals surface area contributed by atoms with Crippen molar-refractivity contribution in [2.45, 2.75) is 0 Å². The van der Waals surface area contributed by atoms with E-state index in [-0.39, 0.29) is 0 Å². The fourth-order valence-corrected chi connectivity index (χ4v) is 2.49. The van der Waals surface area contributed by atoms with Crippen LogP contribution in [0.2, 0.25) is 5.02 Å². The van der Waals surface area contributed by atoms with Gasteiger partial charge in [-0.3, -0.25) is 4.68 Å². The van der Waals surface area contributed by atoms with Gasteiger partial charge < -0.3 is 5.11 Å². The molecule has 2 aromatic heterocycles. The van der Waals surface area contributed by atoms with E-state index in [1.807, 2.05) is 12.1 Å². The SMILES string of the molecule is Cn1ncc2nc3ccc(C=CC(=O)O)cc3c(Cl)c21. The van der Waals surface area contributed by atoms with E-state index in [4.69, 9.17) is 16.7 Å². The van der Waals surface area contributed by atoms with Crippen LogP contribution in [0.3, 0.4) is 0 Å². The highest BCUT2D eigenvalue weighted by Crippen LogP contribution is 2.30. The van der Waals surface area contributed by atoms with Gasteiger partial charge in [-0.2, -0.15) is 5.10 Å². The quantitative estimate of drug-likeness (QED) is 0.736. The summed E-state index contributed by atoms with van der Waals surface area (Å²) in [5.41, 5.74) is 3.01. The summed E-state index contributed by atoms with van der Waals surface area (Å²) in [6.45, 7) is 0. The molecular formula is C14H10ClN3O2. The summed E-state index contributed by atoms with van der Waals surface area (Å²) in [4.78, 5) is 15.0. The number of halogens is 1. The predicted molar refractivity (Wildman–Crippen MR) is 77.7 cm³/mol. The van der Waals surface area contributed by atoms with Crippen LogP contribution in [0.5, 0.6) is 0 Å². The van der Waals surface area contributed by atoms with Gasteiger partial charge >= 0.3 is 5.97 Å².